The third kappa shape index (κ3) is 5.39. The number of benzene rings is 3. The molecule has 1 amide bonds. The predicted octanol–water partition coefficient (Wildman–Crippen LogP) is 6.77. The van der Waals surface area contributed by atoms with Crippen molar-refractivity contribution in [3.63, 3.8) is 0 Å². The van der Waals surface area contributed by atoms with Crippen molar-refractivity contribution in [2.24, 2.45) is 4.99 Å². The summed E-state index contributed by atoms with van der Waals surface area (Å²) >= 11 is 6.32. The van der Waals surface area contributed by atoms with Crippen LogP contribution in [-0.4, -0.2) is 51.7 Å². The van der Waals surface area contributed by atoms with Gasteiger partial charge < -0.3 is 15.5 Å². The highest BCUT2D eigenvalue weighted by atomic mass is 35.5. The topological polar surface area (TPSA) is 82.5 Å². The number of hydrogen-bond donors (Lipinski definition) is 2. The van der Waals surface area contributed by atoms with Gasteiger partial charge in [-0.3, -0.25) is 9.79 Å². The lowest BCUT2D eigenvalue weighted by atomic mass is 9.95. The number of hydrogen-bond acceptors (Lipinski definition) is 6. The monoisotopic (exact) mass is 600 g/mol. The van der Waals surface area contributed by atoms with E-state index in [0.29, 0.717) is 38.9 Å². The van der Waals surface area contributed by atoms with Crippen LogP contribution in [-0.2, 0) is 6.54 Å². The molecule has 4 aromatic rings. The first-order valence-corrected chi connectivity index (χ1v) is 14.3. The summed E-state index contributed by atoms with van der Waals surface area (Å²) in [5, 5.41) is 7.21. The van der Waals surface area contributed by atoms with Crippen LogP contribution in [0.2, 0.25) is 5.02 Å². The molecular formula is C33H31ClF2N6O. The fourth-order valence-electron chi connectivity index (χ4n) is 6.19. The first kappa shape index (κ1) is 28.9. The summed E-state index contributed by atoms with van der Waals surface area (Å²) in [6.07, 6.45) is 4.92. The van der Waals surface area contributed by atoms with Crippen molar-refractivity contribution in [3.8, 4) is 11.3 Å². The molecule has 1 atom stereocenters. The number of aromatic nitrogens is 2. The highest BCUT2D eigenvalue weighted by molar-refractivity contribution is 6.31. The number of carbonyl (C=O) groups is 1. The van der Waals surface area contributed by atoms with Crippen LogP contribution in [0.1, 0.15) is 53.7 Å². The third-order valence-corrected chi connectivity index (χ3v) is 8.56. The van der Waals surface area contributed by atoms with E-state index in [-0.39, 0.29) is 36.7 Å². The first-order chi connectivity index (χ1) is 20.4. The van der Waals surface area contributed by atoms with E-state index in [0.717, 1.165) is 44.6 Å². The van der Waals surface area contributed by atoms with Gasteiger partial charge in [-0.15, -0.1) is 0 Å². The van der Waals surface area contributed by atoms with Crippen LogP contribution < -0.4 is 10.6 Å². The summed E-state index contributed by atoms with van der Waals surface area (Å²) in [6.45, 7) is 2.66. The molecule has 220 valence electrons. The van der Waals surface area contributed by atoms with E-state index in [1.54, 1.807) is 24.4 Å². The van der Waals surface area contributed by atoms with Crippen molar-refractivity contribution in [2.45, 2.75) is 38.8 Å². The zero-order valence-electron chi connectivity index (χ0n) is 22.6. The number of aliphatic imine (C=N–C) groups is 1. The Morgan fingerprint density at radius 1 is 1.02 bits per heavy atom. The Bertz CT molecular complexity index is 1720. The number of rotatable bonds is 4. The molecule has 0 radical (unpaired) electrons. The second kappa shape index (κ2) is 11.5. The number of carbonyl (C=O) groups excluding carboxylic acids is 1. The quantitative estimate of drug-likeness (QED) is 0.270. The molecule has 2 N–H and O–H groups in total. The minimum absolute atomic E-state index is 0. The number of anilines is 2. The van der Waals surface area contributed by atoms with E-state index >= 15 is 0 Å². The average molecular weight is 601 g/mol. The highest BCUT2D eigenvalue weighted by Gasteiger charge is 2.41. The summed E-state index contributed by atoms with van der Waals surface area (Å²) in [5.41, 5.74) is 3.81. The number of fused-ring (bicyclic) bond motifs is 3. The van der Waals surface area contributed by atoms with E-state index in [9.17, 15) is 13.6 Å². The lowest BCUT2D eigenvalue weighted by Gasteiger charge is -2.24. The Labute approximate surface area is 254 Å². The minimum atomic E-state index is -0.708. The molecule has 2 fully saturated rings. The van der Waals surface area contributed by atoms with Gasteiger partial charge in [0.2, 0.25) is 5.95 Å². The van der Waals surface area contributed by atoms with Gasteiger partial charge in [0.1, 0.15) is 11.6 Å². The predicted molar refractivity (Wildman–Crippen MR) is 165 cm³/mol. The highest BCUT2D eigenvalue weighted by Crippen LogP contribution is 2.35. The van der Waals surface area contributed by atoms with Gasteiger partial charge in [0.05, 0.1) is 23.5 Å². The van der Waals surface area contributed by atoms with E-state index in [2.05, 4.69) is 20.6 Å². The van der Waals surface area contributed by atoms with Crippen LogP contribution in [0.5, 0.6) is 0 Å². The Kier molecular flexibility index (Phi) is 7.70. The molecule has 7 rings (SSSR count). The Balaban J connectivity index is 0.00000329. The maximum atomic E-state index is 14.8. The molecule has 3 aliphatic rings. The number of nitrogens with zero attached hydrogens (tertiary/aromatic N) is 4. The summed E-state index contributed by atoms with van der Waals surface area (Å²) in [5.74, 6) is -1.05. The van der Waals surface area contributed by atoms with Crippen LogP contribution in [0.4, 0.5) is 20.4 Å². The van der Waals surface area contributed by atoms with Crippen LogP contribution in [0.25, 0.3) is 11.3 Å². The molecule has 3 aromatic carbocycles. The lowest BCUT2D eigenvalue weighted by Crippen LogP contribution is -2.43. The van der Waals surface area contributed by atoms with Crippen molar-refractivity contribution < 1.29 is 13.6 Å². The van der Waals surface area contributed by atoms with Gasteiger partial charge in [-0.05, 0) is 74.3 Å². The minimum Gasteiger partial charge on any atom is -0.337 e. The van der Waals surface area contributed by atoms with E-state index in [1.807, 2.05) is 29.2 Å². The fraction of sp³-hybridized carbons (Fsp3) is 0.273. The summed E-state index contributed by atoms with van der Waals surface area (Å²) in [6, 6.07) is 16.1. The molecule has 1 unspecified atom stereocenters. The molecule has 3 aliphatic heterocycles. The van der Waals surface area contributed by atoms with Crippen molar-refractivity contribution in [2.75, 3.05) is 25.0 Å². The Morgan fingerprint density at radius 2 is 1.81 bits per heavy atom. The van der Waals surface area contributed by atoms with Gasteiger partial charge in [0.15, 0.2) is 0 Å². The summed E-state index contributed by atoms with van der Waals surface area (Å²) < 4.78 is 29.6. The molecule has 0 bridgehead atoms. The second-order valence-corrected chi connectivity index (χ2v) is 11.4. The van der Waals surface area contributed by atoms with Crippen molar-refractivity contribution >= 4 is 34.9 Å². The van der Waals surface area contributed by atoms with Gasteiger partial charge in [-0.2, -0.15) is 0 Å². The van der Waals surface area contributed by atoms with Gasteiger partial charge in [0.25, 0.3) is 5.91 Å². The molecule has 1 spiro atoms. The van der Waals surface area contributed by atoms with Crippen molar-refractivity contribution in [1.82, 2.24) is 20.2 Å². The number of halogens is 3. The molecule has 0 aliphatic carbocycles. The van der Waals surface area contributed by atoms with Gasteiger partial charge >= 0.3 is 0 Å². The first-order valence-electron chi connectivity index (χ1n) is 14.0. The summed E-state index contributed by atoms with van der Waals surface area (Å²) in [7, 11) is 0. The van der Waals surface area contributed by atoms with Gasteiger partial charge in [-0.25, -0.2) is 18.7 Å². The molecule has 0 saturated carbocycles. The molecule has 4 heterocycles. The second-order valence-electron chi connectivity index (χ2n) is 11.0. The maximum absolute atomic E-state index is 14.8. The largest absolute Gasteiger partial charge is 0.337 e. The third-order valence-electron chi connectivity index (χ3n) is 8.32. The molecule has 10 heteroatoms. The van der Waals surface area contributed by atoms with Gasteiger partial charge in [-0.1, -0.05) is 31.2 Å². The Hall–Kier alpha value is -4.21. The number of amides is 1. The fourth-order valence-corrected chi connectivity index (χ4v) is 6.36. The van der Waals surface area contributed by atoms with Crippen LogP contribution in [0.15, 0.2) is 71.9 Å². The van der Waals surface area contributed by atoms with Crippen LogP contribution in [0, 0.1) is 11.6 Å². The normalized spacial score (nSPS) is 18.9. The summed E-state index contributed by atoms with van der Waals surface area (Å²) in [4.78, 5) is 28.9. The zero-order chi connectivity index (χ0) is 28.8. The molecule has 7 nitrogen and oxygen atoms in total. The molecule has 1 aromatic heterocycles. The smallest absolute Gasteiger partial charge is 0.253 e. The van der Waals surface area contributed by atoms with Gasteiger partial charge in [0, 0.05) is 57.8 Å². The van der Waals surface area contributed by atoms with Crippen molar-refractivity contribution in [3.05, 3.63) is 106 Å². The van der Waals surface area contributed by atoms with E-state index in [1.165, 1.54) is 18.2 Å². The number of likely N-dealkylation sites (tertiary alicyclic amines) is 1. The van der Waals surface area contributed by atoms with E-state index in [4.69, 9.17) is 16.6 Å². The lowest BCUT2D eigenvalue weighted by molar-refractivity contribution is 0.0782. The molecule has 43 heavy (non-hydrogen) atoms. The SMILES string of the molecule is C.O=C(c1ccc(Nc2ncc3c(n2)-c2ccc(Cl)cc2C(c2c(F)cccc2F)=NC3)cc1)N1CCC2(CCCN2)C1. The molecular weight excluding hydrogens is 570 g/mol. The van der Waals surface area contributed by atoms with Crippen LogP contribution in [0.3, 0.4) is 0 Å². The maximum Gasteiger partial charge on any atom is 0.253 e. The van der Waals surface area contributed by atoms with Crippen molar-refractivity contribution in [1.29, 1.82) is 0 Å². The average Bonchev–Trinajstić information content (AvgIpc) is 3.61. The molecule has 2 saturated heterocycles. The Morgan fingerprint density at radius 3 is 2.56 bits per heavy atom. The standard InChI is InChI=1S/C32H27ClF2N6O.CH4/c33-21-7-10-23-24(15-21)29(27-25(34)3-1-4-26(27)35)36-16-20-17-37-31(40-28(20)23)39-22-8-5-19(6-9-22)30(42)41-14-12-32(18-41)11-2-13-38-32;/h1,3-10,15,17,38H,2,11-14,16,18H2,(H,37,39,40);1H4. The van der Waals surface area contributed by atoms with Crippen LogP contribution >= 0.6 is 11.6 Å². The number of nitrogens with one attached hydrogen (secondary N) is 2. The zero-order valence-corrected chi connectivity index (χ0v) is 23.4. The van der Waals surface area contributed by atoms with E-state index < -0.39 is 11.6 Å².